The van der Waals surface area contributed by atoms with E-state index in [2.05, 4.69) is 35.0 Å². The highest BCUT2D eigenvalue weighted by Gasteiger charge is 2.25. The third-order valence-corrected chi connectivity index (χ3v) is 3.92. The molecule has 1 unspecified atom stereocenters. The number of hydrogen-bond donors (Lipinski definition) is 0. The Balaban J connectivity index is 2.11. The molecule has 0 heterocycles. The van der Waals surface area contributed by atoms with E-state index in [0.29, 0.717) is 4.83 Å². The van der Waals surface area contributed by atoms with Crippen LogP contribution in [0.3, 0.4) is 0 Å². The quantitative estimate of drug-likeness (QED) is 0.743. The highest BCUT2D eigenvalue weighted by Crippen LogP contribution is 2.42. The van der Waals surface area contributed by atoms with Gasteiger partial charge in [-0.05, 0) is 42.5 Å². The normalized spacial score (nSPS) is 17.5. The van der Waals surface area contributed by atoms with Crippen LogP contribution >= 0.6 is 15.9 Å². The monoisotopic (exact) mass is 268 g/mol. The first kappa shape index (κ1) is 11.0. The van der Waals surface area contributed by atoms with Crippen LogP contribution in [-0.4, -0.2) is 7.11 Å². The van der Waals surface area contributed by atoms with Gasteiger partial charge in [-0.3, -0.25) is 0 Å². The molecule has 1 aromatic rings. The fourth-order valence-corrected chi connectivity index (χ4v) is 2.94. The Morgan fingerprint density at radius 2 is 2.20 bits per heavy atom. The van der Waals surface area contributed by atoms with Crippen molar-refractivity contribution in [2.45, 2.75) is 31.0 Å². The van der Waals surface area contributed by atoms with Gasteiger partial charge in [-0.25, -0.2) is 0 Å². The summed E-state index contributed by atoms with van der Waals surface area (Å²) in [6, 6.07) is 6.33. The van der Waals surface area contributed by atoms with Crippen molar-refractivity contribution in [2.24, 2.45) is 5.92 Å². The Bertz CT molecular complexity index is 344. The van der Waals surface area contributed by atoms with Gasteiger partial charge in [0.05, 0.1) is 7.11 Å². The lowest BCUT2D eigenvalue weighted by Gasteiger charge is -2.13. The average Bonchev–Trinajstić information content (AvgIpc) is 3.01. The minimum atomic E-state index is 0.510. The molecule has 0 radical (unpaired) electrons. The van der Waals surface area contributed by atoms with Gasteiger partial charge in [0.25, 0.3) is 0 Å². The fourth-order valence-electron chi connectivity index (χ4n) is 1.90. The number of ether oxygens (including phenoxy) is 1. The first-order valence-electron chi connectivity index (χ1n) is 5.49. The van der Waals surface area contributed by atoms with Gasteiger partial charge in [0.2, 0.25) is 0 Å². The van der Waals surface area contributed by atoms with Crippen molar-refractivity contribution in [3.63, 3.8) is 0 Å². The van der Waals surface area contributed by atoms with Crippen LogP contribution in [0.4, 0.5) is 0 Å². The minimum absolute atomic E-state index is 0.510. The molecule has 2 heteroatoms. The van der Waals surface area contributed by atoms with Crippen molar-refractivity contribution >= 4 is 15.9 Å². The van der Waals surface area contributed by atoms with Gasteiger partial charge in [0.1, 0.15) is 5.75 Å². The predicted molar refractivity (Wildman–Crippen MR) is 66.7 cm³/mol. The van der Waals surface area contributed by atoms with Gasteiger partial charge in [0, 0.05) is 4.83 Å². The number of benzene rings is 1. The third-order valence-electron chi connectivity index (χ3n) is 3.05. The molecule has 1 aromatic carbocycles. The lowest BCUT2D eigenvalue weighted by Crippen LogP contribution is -1.95. The molecule has 1 saturated carbocycles. The summed E-state index contributed by atoms with van der Waals surface area (Å²) in [6.07, 6.45) is 4.10. The predicted octanol–water partition coefficient (Wildman–Crippen LogP) is 4.24. The second-order valence-corrected chi connectivity index (χ2v) is 5.47. The molecule has 0 N–H and O–H groups in total. The Kier molecular flexibility index (Phi) is 3.35. The molecule has 1 aliphatic carbocycles. The lowest BCUT2D eigenvalue weighted by molar-refractivity contribution is 0.414. The summed E-state index contributed by atoms with van der Waals surface area (Å²) in [5, 5.41) is 0. The van der Waals surface area contributed by atoms with Crippen LogP contribution < -0.4 is 4.74 Å². The average molecular weight is 269 g/mol. The Morgan fingerprint density at radius 3 is 2.73 bits per heavy atom. The molecule has 0 aromatic heterocycles. The third kappa shape index (κ3) is 2.75. The van der Waals surface area contributed by atoms with Crippen LogP contribution in [0.5, 0.6) is 5.75 Å². The molecule has 1 nitrogen and oxygen atoms in total. The molecule has 82 valence electrons. The molecule has 0 spiro atoms. The molecular weight excluding hydrogens is 252 g/mol. The number of rotatable bonds is 4. The van der Waals surface area contributed by atoms with Crippen LogP contribution in [0, 0.1) is 12.8 Å². The molecule has 15 heavy (non-hydrogen) atoms. The van der Waals surface area contributed by atoms with E-state index in [4.69, 9.17) is 4.74 Å². The Morgan fingerprint density at radius 1 is 1.47 bits per heavy atom. The summed E-state index contributed by atoms with van der Waals surface area (Å²) < 4.78 is 5.21. The summed E-state index contributed by atoms with van der Waals surface area (Å²) in [5.74, 6) is 1.90. The summed E-state index contributed by atoms with van der Waals surface area (Å²) in [6.45, 7) is 2.15. The number of halogens is 1. The first-order valence-corrected chi connectivity index (χ1v) is 6.41. The lowest BCUT2D eigenvalue weighted by atomic mass is 10.0. The van der Waals surface area contributed by atoms with Crippen LogP contribution in [0.15, 0.2) is 18.2 Å². The Hall–Kier alpha value is -0.500. The van der Waals surface area contributed by atoms with Crippen LogP contribution in [0.1, 0.15) is 35.2 Å². The van der Waals surface area contributed by atoms with E-state index in [1.54, 1.807) is 7.11 Å². The molecule has 1 atom stereocenters. The molecule has 0 aliphatic heterocycles. The first-order chi connectivity index (χ1) is 7.20. The van der Waals surface area contributed by atoms with E-state index in [1.807, 2.05) is 6.07 Å². The zero-order valence-electron chi connectivity index (χ0n) is 9.29. The van der Waals surface area contributed by atoms with Gasteiger partial charge in [-0.1, -0.05) is 34.8 Å². The molecule has 1 fully saturated rings. The van der Waals surface area contributed by atoms with Gasteiger partial charge in [0.15, 0.2) is 0 Å². The molecule has 0 bridgehead atoms. The zero-order valence-corrected chi connectivity index (χ0v) is 10.9. The standard InChI is InChI=1S/C13H17BrO/c1-9-7-11(15-2)5-6-12(9)13(14)8-10-3-4-10/h5-7,10,13H,3-4,8H2,1-2H3. The van der Waals surface area contributed by atoms with Crippen molar-refractivity contribution in [3.8, 4) is 5.75 Å². The largest absolute Gasteiger partial charge is 0.497 e. The number of alkyl halides is 1. The molecule has 0 saturated heterocycles. The maximum absolute atomic E-state index is 5.21. The topological polar surface area (TPSA) is 9.23 Å². The van der Waals surface area contributed by atoms with E-state index < -0.39 is 0 Å². The van der Waals surface area contributed by atoms with E-state index in [1.165, 1.54) is 30.4 Å². The summed E-state index contributed by atoms with van der Waals surface area (Å²) in [4.78, 5) is 0.510. The van der Waals surface area contributed by atoms with Crippen molar-refractivity contribution in [3.05, 3.63) is 29.3 Å². The summed E-state index contributed by atoms with van der Waals surface area (Å²) in [7, 11) is 1.71. The number of methoxy groups -OCH3 is 1. The van der Waals surface area contributed by atoms with Gasteiger partial charge >= 0.3 is 0 Å². The molecular formula is C13H17BrO. The molecule has 0 amide bonds. The van der Waals surface area contributed by atoms with Gasteiger partial charge in [-0.2, -0.15) is 0 Å². The Labute approximate surface area is 100.0 Å². The maximum atomic E-state index is 5.21. The van der Waals surface area contributed by atoms with Crippen molar-refractivity contribution in [2.75, 3.05) is 7.11 Å². The SMILES string of the molecule is COc1ccc(C(Br)CC2CC2)c(C)c1. The van der Waals surface area contributed by atoms with Crippen molar-refractivity contribution in [1.29, 1.82) is 0 Å². The van der Waals surface area contributed by atoms with Crippen LogP contribution in [0.2, 0.25) is 0 Å². The van der Waals surface area contributed by atoms with E-state index in [9.17, 15) is 0 Å². The maximum Gasteiger partial charge on any atom is 0.119 e. The number of aryl methyl sites for hydroxylation is 1. The summed E-state index contributed by atoms with van der Waals surface area (Å²) >= 11 is 3.78. The van der Waals surface area contributed by atoms with E-state index in [-0.39, 0.29) is 0 Å². The van der Waals surface area contributed by atoms with Crippen LogP contribution in [-0.2, 0) is 0 Å². The van der Waals surface area contributed by atoms with Crippen molar-refractivity contribution in [1.82, 2.24) is 0 Å². The summed E-state index contributed by atoms with van der Waals surface area (Å²) in [5.41, 5.74) is 2.72. The second kappa shape index (κ2) is 4.56. The van der Waals surface area contributed by atoms with Crippen molar-refractivity contribution < 1.29 is 4.74 Å². The minimum Gasteiger partial charge on any atom is -0.497 e. The van der Waals surface area contributed by atoms with E-state index >= 15 is 0 Å². The number of hydrogen-bond acceptors (Lipinski definition) is 1. The fraction of sp³-hybridized carbons (Fsp3) is 0.538. The van der Waals surface area contributed by atoms with Crippen LogP contribution in [0.25, 0.3) is 0 Å². The molecule has 1 aliphatic rings. The van der Waals surface area contributed by atoms with Gasteiger partial charge in [-0.15, -0.1) is 0 Å². The zero-order chi connectivity index (χ0) is 10.8. The highest BCUT2D eigenvalue weighted by atomic mass is 79.9. The van der Waals surface area contributed by atoms with Gasteiger partial charge < -0.3 is 4.74 Å². The highest BCUT2D eigenvalue weighted by molar-refractivity contribution is 9.09. The molecule has 2 rings (SSSR count). The second-order valence-electron chi connectivity index (χ2n) is 4.37. The van der Waals surface area contributed by atoms with E-state index in [0.717, 1.165) is 11.7 Å². The smallest absolute Gasteiger partial charge is 0.119 e.